The molecular formula is C17H30O2. The van der Waals surface area contributed by atoms with E-state index < -0.39 is 0 Å². The van der Waals surface area contributed by atoms with Crippen LogP contribution in [-0.4, -0.2) is 24.9 Å². The van der Waals surface area contributed by atoms with Gasteiger partial charge in [-0.3, -0.25) is 0 Å². The number of epoxide rings is 1. The average molecular weight is 266 g/mol. The molecule has 0 amide bonds. The van der Waals surface area contributed by atoms with Crippen LogP contribution in [0.5, 0.6) is 0 Å². The summed E-state index contributed by atoms with van der Waals surface area (Å²) in [6.45, 7) is 14.1. The summed E-state index contributed by atoms with van der Waals surface area (Å²) in [5.41, 5.74) is 3.15. The van der Waals surface area contributed by atoms with Gasteiger partial charge in [-0.25, -0.2) is 0 Å². The van der Waals surface area contributed by atoms with Crippen LogP contribution in [0.3, 0.4) is 0 Å². The standard InChI is InChI=1S/C10H14.C6H12O.CH4O/c1-8(2)10-6-4-9(3)5-7-10;1-6(2,3)5-4-7-5;1-2/h4-8H,1-3H3;5H,4H2,1-3H3;2H,1H3. The topological polar surface area (TPSA) is 32.8 Å². The second-order valence-corrected chi connectivity index (χ2v) is 6.25. The number of rotatable bonds is 1. The highest BCUT2D eigenvalue weighted by molar-refractivity contribution is 5.23. The van der Waals surface area contributed by atoms with Crippen LogP contribution in [-0.2, 0) is 4.74 Å². The molecule has 1 atom stereocenters. The maximum absolute atomic E-state index is 7.00. The van der Waals surface area contributed by atoms with E-state index in [1.165, 1.54) is 11.1 Å². The highest BCUT2D eigenvalue weighted by Gasteiger charge is 2.35. The first-order chi connectivity index (χ1) is 8.80. The fourth-order valence-corrected chi connectivity index (χ4v) is 1.50. The number of aliphatic hydroxyl groups excluding tert-OH is 1. The maximum atomic E-state index is 7.00. The van der Waals surface area contributed by atoms with Crippen molar-refractivity contribution < 1.29 is 9.84 Å². The molecule has 19 heavy (non-hydrogen) atoms. The first-order valence-corrected chi connectivity index (χ1v) is 6.93. The van der Waals surface area contributed by atoms with Gasteiger partial charge in [0.15, 0.2) is 0 Å². The summed E-state index contributed by atoms with van der Waals surface area (Å²) < 4.78 is 5.07. The minimum atomic E-state index is 0.389. The molecule has 1 aliphatic rings. The first-order valence-electron chi connectivity index (χ1n) is 6.93. The number of aryl methyl sites for hydroxylation is 1. The smallest absolute Gasteiger partial charge is 0.0858 e. The van der Waals surface area contributed by atoms with Gasteiger partial charge in [0.2, 0.25) is 0 Å². The average Bonchev–Trinajstić information content (AvgIpc) is 3.16. The van der Waals surface area contributed by atoms with Gasteiger partial charge in [0.05, 0.1) is 12.7 Å². The van der Waals surface area contributed by atoms with Gasteiger partial charge in [0.25, 0.3) is 0 Å². The van der Waals surface area contributed by atoms with Crippen molar-refractivity contribution in [3.8, 4) is 0 Å². The van der Waals surface area contributed by atoms with E-state index in [-0.39, 0.29) is 0 Å². The lowest BCUT2D eigenvalue weighted by molar-refractivity contribution is 0.266. The molecule has 0 saturated carbocycles. The third-order valence-electron chi connectivity index (χ3n) is 3.04. The molecule has 1 saturated heterocycles. The molecule has 2 rings (SSSR count). The molecule has 1 unspecified atom stereocenters. The van der Waals surface area contributed by atoms with E-state index in [4.69, 9.17) is 9.84 Å². The van der Waals surface area contributed by atoms with Crippen molar-refractivity contribution in [1.29, 1.82) is 0 Å². The van der Waals surface area contributed by atoms with E-state index in [9.17, 15) is 0 Å². The van der Waals surface area contributed by atoms with E-state index in [0.717, 1.165) is 13.7 Å². The fraction of sp³-hybridized carbons (Fsp3) is 0.647. The molecule has 0 bridgehead atoms. The zero-order valence-corrected chi connectivity index (χ0v) is 13.5. The molecule has 1 aromatic rings. The molecule has 0 spiro atoms. The number of ether oxygens (including phenoxy) is 1. The van der Waals surface area contributed by atoms with E-state index in [1.807, 2.05) is 0 Å². The van der Waals surface area contributed by atoms with Crippen LogP contribution < -0.4 is 0 Å². The third kappa shape index (κ3) is 8.02. The first kappa shape index (κ1) is 18.1. The molecule has 1 aliphatic heterocycles. The van der Waals surface area contributed by atoms with Gasteiger partial charge in [-0.05, 0) is 23.8 Å². The predicted octanol–water partition coefficient (Wildman–Crippen LogP) is 4.16. The second-order valence-electron chi connectivity index (χ2n) is 6.25. The van der Waals surface area contributed by atoms with Crippen LogP contribution in [0, 0.1) is 12.3 Å². The van der Waals surface area contributed by atoms with Crippen molar-refractivity contribution in [2.75, 3.05) is 13.7 Å². The summed E-state index contributed by atoms with van der Waals surface area (Å²) in [5.74, 6) is 0.653. The van der Waals surface area contributed by atoms with Crippen molar-refractivity contribution in [1.82, 2.24) is 0 Å². The molecule has 2 nitrogen and oxygen atoms in total. The molecule has 0 aromatic heterocycles. The Labute approximate surface area is 118 Å². The maximum Gasteiger partial charge on any atom is 0.0858 e. The van der Waals surface area contributed by atoms with E-state index in [1.54, 1.807) is 0 Å². The number of hydrogen-bond acceptors (Lipinski definition) is 2. The van der Waals surface area contributed by atoms with Crippen LogP contribution in [0.1, 0.15) is 51.7 Å². The summed E-state index contributed by atoms with van der Waals surface area (Å²) in [4.78, 5) is 0. The van der Waals surface area contributed by atoms with Gasteiger partial charge in [-0.2, -0.15) is 0 Å². The van der Waals surface area contributed by atoms with Crippen molar-refractivity contribution >= 4 is 0 Å². The molecule has 0 aliphatic carbocycles. The second kappa shape index (κ2) is 8.34. The summed E-state index contributed by atoms with van der Waals surface area (Å²) in [6.07, 6.45) is 0.549. The summed E-state index contributed by atoms with van der Waals surface area (Å²) in [7, 11) is 1.00. The third-order valence-corrected chi connectivity index (χ3v) is 3.04. The van der Waals surface area contributed by atoms with E-state index in [0.29, 0.717) is 17.4 Å². The Balaban J connectivity index is 0.000000316. The Bertz CT molecular complexity index is 329. The van der Waals surface area contributed by atoms with Gasteiger partial charge in [-0.1, -0.05) is 64.4 Å². The normalized spacial score (nSPS) is 17.0. The van der Waals surface area contributed by atoms with Gasteiger partial charge >= 0.3 is 0 Å². The van der Waals surface area contributed by atoms with E-state index in [2.05, 4.69) is 65.8 Å². The molecule has 1 fully saturated rings. The van der Waals surface area contributed by atoms with Crippen molar-refractivity contribution in [3.05, 3.63) is 35.4 Å². The minimum absolute atomic E-state index is 0.389. The lowest BCUT2D eigenvalue weighted by Gasteiger charge is -2.12. The fourth-order valence-electron chi connectivity index (χ4n) is 1.50. The van der Waals surface area contributed by atoms with Gasteiger partial charge in [0, 0.05) is 7.11 Å². The Hall–Kier alpha value is -0.860. The molecular weight excluding hydrogens is 236 g/mol. The Morgan fingerprint density at radius 1 is 1.11 bits per heavy atom. The zero-order chi connectivity index (χ0) is 15.1. The van der Waals surface area contributed by atoms with Crippen molar-refractivity contribution in [2.24, 2.45) is 5.41 Å². The molecule has 1 aromatic carbocycles. The monoisotopic (exact) mass is 266 g/mol. The molecule has 1 heterocycles. The van der Waals surface area contributed by atoms with E-state index >= 15 is 0 Å². The Kier molecular flexibility index (Phi) is 7.96. The zero-order valence-electron chi connectivity index (χ0n) is 13.5. The molecule has 2 heteroatoms. The lowest BCUT2D eigenvalue weighted by Crippen LogP contribution is -2.12. The summed E-state index contributed by atoms with van der Waals surface area (Å²) in [6, 6.07) is 8.71. The highest BCUT2D eigenvalue weighted by Crippen LogP contribution is 2.30. The van der Waals surface area contributed by atoms with Gasteiger partial charge in [0.1, 0.15) is 0 Å². The van der Waals surface area contributed by atoms with Crippen LogP contribution in [0.15, 0.2) is 24.3 Å². The van der Waals surface area contributed by atoms with Gasteiger partial charge < -0.3 is 9.84 Å². The lowest BCUT2D eigenvalue weighted by atomic mass is 9.93. The quantitative estimate of drug-likeness (QED) is 0.774. The number of benzene rings is 1. The van der Waals surface area contributed by atoms with Crippen LogP contribution >= 0.6 is 0 Å². The van der Waals surface area contributed by atoms with Crippen LogP contribution in [0.25, 0.3) is 0 Å². The summed E-state index contributed by atoms with van der Waals surface area (Å²) in [5, 5.41) is 7.00. The van der Waals surface area contributed by atoms with Gasteiger partial charge in [-0.15, -0.1) is 0 Å². The van der Waals surface area contributed by atoms with Crippen LogP contribution in [0.4, 0.5) is 0 Å². The SMILES string of the molecule is CC(C)(C)C1CO1.CO.Cc1ccc(C(C)C)cc1. The number of hydrogen-bond donors (Lipinski definition) is 1. The molecule has 0 radical (unpaired) electrons. The Morgan fingerprint density at radius 2 is 1.53 bits per heavy atom. The van der Waals surface area contributed by atoms with Crippen LogP contribution in [0.2, 0.25) is 0 Å². The number of aliphatic hydroxyl groups is 1. The highest BCUT2D eigenvalue weighted by atomic mass is 16.6. The molecule has 1 N–H and O–H groups in total. The molecule has 110 valence electrons. The Morgan fingerprint density at radius 3 is 1.74 bits per heavy atom. The predicted molar refractivity (Wildman–Crippen MR) is 82.6 cm³/mol. The summed E-state index contributed by atoms with van der Waals surface area (Å²) >= 11 is 0. The van der Waals surface area contributed by atoms with Crippen molar-refractivity contribution in [3.63, 3.8) is 0 Å². The minimum Gasteiger partial charge on any atom is -0.400 e. The van der Waals surface area contributed by atoms with Crippen molar-refractivity contribution in [2.45, 2.75) is 53.6 Å². The largest absolute Gasteiger partial charge is 0.400 e.